The van der Waals surface area contributed by atoms with Crippen LogP contribution in [0.25, 0.3) is 0 Å². The van der Waals surface area contributed by atoms with Gasteiger partial charge in [0.1, 0.15) is 0 Å². The number of hydrogen-bond acceptors (Lipinski definition) is 3. The van der Waals surface area contributed by atoms with Crippen LogP contribution < -0.4 is 0 Å². The summed E-state index contributed by atoms with van der Waals surface area (Å²) in [6.07, 6.45) is 7.84. The standard InChI is InChI=1S/C17H16N2O2/c20-16-14-12-6-7-13(9-8-12)15(14)17(21)19(16)18-10-11-4-2-1-3-5-11/h1-7,10,12-15H,8-9H2/b18-10-/t12-,13+,14-,15-/m0/s1. The van der Waals surface area contributed by atoms with Crippen molar-refractivity contribution in [3.63, 3.8) is 0 Å². The number of fused-ring (bicyclic) bond motifs is 1. The fourth-order valence-electron chi connectivity index (χ4n) is 3.84. The Bertz CT molecular complexity index is 618. The number of imide groups is 1. The molecule has 2 bridgehead atoms. The second-order valence-corrected chi connectivity index (χ2v) is 5.99. The van der Waals surface area contributed by atoms with Crippen molar-refractivity contribution in [3.05, 3.63) is 48.0 Å². The lowest BCUT2D eigenvalue weighted by Crippen LogP contribution is -2.38. The average molecular weight is 280 g/mol. The number of allylic oxidation sites excluding steroid dienone is 2. The van der Waals surface area contributed by atoms with Crippen molar-refractivity contribution >= 4 is 18.0 Å². The molecule has 21 heavy (non-hydrogen) atoms. The Balaban J connectivity index is 1.62. The highest BCUT2D eigenvalue weighted by atomic mass is 16.2. The quantitative estimate of drug-likeness (QED) is 0.474. The Morgan fingerprint density at radius 2 is 1.52 bits per heavy atom. The van der Waals surface area contributed by atoms with Gasteiger partial charge in [-0.25, -0.2) is 0 Å². The van der Waals surface area contributed by atoms with Crippen LogP contribution in [0.1, 0.15) is 18.4 Å². The van der Waals surface area contributed by atoms with E-state index < -0.39 is 0 Å². The molecule has 4 nitrogen and oxygen atoms in total. The molecule has 5 rings (SSSR count). The predicted octanol–water partition coefficient (Wildman–Crippen LogP) is 2.22. The maximum absolute atomic E-state index is 12.5. The normalized spacial score (nSPS) is 34.0. The minimum Gasteiger partial charge on any atom is -0.272 e. The van der Waals surface area contributed by atoms with E-state index in [0.717, 1.165) is 23.4 Å². The molecular weight excluding hydrogens is 264 g/mol. The van der Waals surface area contributed by atoms with Gasteiger partial charge in [0.05, 0.1) is 18.1 Å². The first-order valence-corrected chi connectivity index (χ1v) is 7.41. The van der Waals surface area contributed by atoms with Crippen molar-refractivity contribution in [1.29, 1.82) is 0 Å². The summed E-state index contributed by atoms with van der Waals surface area (Å²) in [5, 5.41) is 5.26. The van der Waals surface area contributed by atoms with Gasteiger partial charge in [0.15, 0.2) is 0 Å². The van der Waals surface area contributed by atoms with Crippen molar-refractivity contribution in [3.8, 4) is 0 Å². The minimum atomic E-state index is -0.186. The summed E-state index contributed by atoms with van der Waals surface area (Å²) in [5.41, 5.74) is 0.883. The van der Waals surface area contributed by atoms with E-state index in [1.165, 1.54) is 0 Å². The average Bonchev–Trinajstić information content (AvgIpc) is 2.81. The second kappa shape index (κ2) is 4.65. The lowest BCUT2D eigenvalue weighted by atomic mass is 9.63. The van der Waals surface area contributed by atoms with Crippen LogP contribution in [0, 0.1) is 23.7 Å². The highest BCUT2D eigenvalue weighted by Gasteiger charge is 2.56. The van der Waals surface area contributed by atoms with Crippen LogP contribution in [0.4, 0.5) is 0 Å². The third-order valence-electron chi connectivity index (χ3n) is 4.86. The molecule has 0 unspecified atom stereocenters. The number of benzene rings is 1. The molecule has 1 aliphatic heterocycles. The lowest BCUT2D eigenvalue weighted by Gasteiger charge is -2.37. The van der Waals surface area contributed by atoms with E-state index in [0.29, 0.717) is 0 Å². The van der Waals surface area contributed by atoms with Crippen molar-refractivity contribution in [1.82, 2.24) is 5.01 Å². The summed E-state index contributed by atoms with van der Waals surface area (Å²) in [7, 11) is 0. The molecule has 4 heteroatoms. The Labute approximate surface area is 123 Å². The third-order valence-corrected chi connectivity index (χ3v) is 4.86. The van der Waals surface area contributed by atoms with Gasteiger partial charge in [-0.15, -0.1) is 0 Å². The molecule has 1 aromatic carbocycles. The zero-order valence-electron chi connectivity index (χ0n) is 11.6. The highest BCUT2D eigenvalue weighted by molar-refractivity contribution is 6.06. The van der Waals surface area contributed by atoms with E-state index in [2.05, 4.69) is 17.3 Å². The zero-order chi connectivity index (χ0) is 14.4. The molecule has 1 saturated heterocycles. The highest BCUT2D eigenvalue weighted by Crippen LogP contribution is 2.49. The maximum Gasteiger partial charge on any atom is 0.254 e. The summed E-state index contributed by atoms with van der Waals surface area (Å²) < 4.78 is 0. The van der Waals surface area contributed by atoms with E-state index in [4.69, 9.17) is 0 Å². The molecule has 0 aromatic heterocycles. The summed E-state index contributed by atoms with van der Waals surface area (Å²) in [5.74, 6) is -0.197. The lowest BCUT2D eigenvalue weighted by molar-refractivity contribution is -0.140. The van der Waals surface area contributed by atoms with Crippen molar-refractivity contribution in [2.45, 2.75) is 12.8 Å². The first-order valence-electron chi connectivity index (χ1n) is 7.41. The number of amides is 2. The molecule has 1 aromatic rings. The number of carbonyl (C=O) groups excluding carboxylic acids is 2. The molecule has 0 N–H and O–H groups in total. The van der Waals surface area contributed by atoms with Gasteiger partial charge in [-0.1, -0.05) is 42.5 Å². The minimum absolute atomic E-state index is 0.128. The molecule has 106 valence electrons. The van der Waals surface area contributed by atoms with Gasteiger partial charge < -0.3 is 0 Å². The van der Waals surface area contributed by atoms with E-state index >= 15 is 0 Å². The van der Waals surface area contributed by atoms with Crippen LogP contribution in [0.5, 0.6) is 0 Å². The number of hydrogen-bond donors (Lipinski definition) is 0. The number of rotatable bonds is 2. The van der Waals surface area contributed by atoms with Gasteiger partial charge in [-0.05, 0) is 30.2 Å². The Kier molecular flexibility index (Phi) is 2.77. The molecule has 0 radical (unpaired) electrons. The topological polar surface area (TPSA) is 49.7 Å². The molecule has 1 heterocycles. The fourth-order valence-corrected chi connectivity index (χ4v) is 3.84. The predicted molar refractivity (Wildman–Crippen MR) is 78.2 cm³/mol. The third kappa shape index (κ3) is 1.86. The van der Waals surface area contributed by atoms with Gasteiger partial charge in [0.25, 0.3) is 11.8 Å². The maximum atomic E-state index is 12.5. The van der Waals surface area contributed by atoms with Crippen LogP contribution in [0.2, 0.25) is 0 Å². The smallest absolute Gasteiger partial charge is 0.254 e. The van der Waals surface area contributed by atoms with E-state index in [1.807, 2.05) is 30.3 Å². The number of hydrazone groups is 1. The second-order valence-electron chi connectivity index (χ2n) is 5.99. The van der Waals surface area contributed by atoms with E-state index in [-0.39, 0.29) is 35.5 Å². The summed E-state index contributed by atoms with van der Waals surface area (Å²) in [6, 6.07) is 9.51. The SMILES string of the molecule is O=C1[C@@H]2[C@@H](C(=O)N1/N=C\c1ccccc1)[C@H]1C=C[C@@H]2CC1. The summed E-state index contributed by atoms with van der Waals surface area (Å²) in [6.45, 7) is 0. The zero-order valence-corrected chi connectivity index (χ0v) is 11.6. The number of carbonyl (C=O) groups is 2. The van der Waals surface area contributed by atoms with Gasteiger partial charge in [-0.2, -0.15) is 10.1 Å². The molecule has 4 atom stereocenters. The molecule has 1 saturated carbocycles. The van der Waals surface area contributed by atoms with Crippen LogP contribution in [0.15, 0.2) is 47.6 Å². The Hall–Kier alpha value is -2.23. The van der Waals surface area contributed by atoms with E-state index in [9.17, 15) is 9.59 Å². The van der Waals surface area contributed by atoms with Gasteiger partial charge in [0, 0.05) is 0 Å². The van der Waals surface area contributed by atoms with Crippen LogP contribution in [0.3, 0.4) is 0 Å². The van der Waals surface area contributed by atoms with Gasteiger partial charge >= 0.3 is 0 Å². The first kappa shape index (κ1) is 12.5. The van der Waals surface area contributed by atoms with Crippen molar-refractivity contribution < 1.29 is 9.59 Å². The number of nitrogens with zero attached hydrogens (tertiary/aromatic N) is 2. The van der Waals surface area contributed by atoms with Crippen LogP contribution in [-0.2, 0) is 9.59 Å². The van der Waals surface area contributed by atoms with Crippen molar-refractivity contribution in [2.75, 3.05) is 0 Å². The van der Waals surface area contributed by atoms with Gasteiger partial charge in [-0.3, -0.25) is 9.59 Å². The van der Waals surface area contributed by atoms with Gasteiger partial charge in [0.2, 0.25) is 0 Å². The largest absolute Gasteiger partial charge is 0.272 e. The fraction of sp³-hybridized carbons (Fsp3) is 0.353. The summed E-state index contributed by atoms with van der Waals surface area (Å²) in [4.78, 5) is 25.0. The molecular formula is C17H16N2O2. The Morgan fingerprint density at radius 1 is 0.952 bits per heavy atom. The molecule has 0 spiro atoms. The van der Waals surface area contributed by atoms with E-state index in [1.54, 1.807) is 6.21 Å². The monoisotopic (exact) mass is 280 g/mol. The molecule has 3 aliphatic carbocycles. The van der Waals surface area contributed by atoms with Crippen LogP contribution >= 0.6 is 0 Å². The Morgan fingerprint density at radius 3 is 2.05 bits per heavy atom. The first-order chi connectivity index (χ1) is 10.3. The molecule has 4 aliphatic rings. The van der Waals surface area contributed by atoms with Crippen LogP contribution in [-0.4, -0.2) is 23.0 Å². The summed E-state index contributed by atoms with van der Waals surface area (Å²) >= 11 is 0. The molecule has 2 fully saturated rings. The van der Waals surface area contributed by atoms with Crippen molar-refractivity contribution in [2.24, 2.45) is 28.8 Å². The molecule has 2 amide bonds.